The summed E-state index contributed by atoms with van der Waals surface area (Å²) in [6.45, 7) is 2.05. The van der Waals surface area contributed by atoms with Gasteiger partial charge in [-0.3, -0.25) is 4.79 Å². The maximum Gasteiger partial charge on any atom is 0.310 e. The normalized spacial score (nSPS) is 11.1. The summed E-state index contributed by atoms with van der Waals surface area (Å²) in [5.74, 6) is -0.354. The Balaban J connectivity index is 2.88. The van der Waals surface area contributed by atoms with Crippen LogP contribution in [0.5, 0.6) is 0 Å². The zero-order valence-electron chi connectivity index (χ0n) is 9.26. The second-order valence-electron chi connectivity index (χ2n) is 3.40. The molecule has 1 rings (SSSR count). The molecule has 5 heteroatoms. The van der Waals surface area contributed by atoms with Gasteiger partial charge in [0.25, 0.3) is 0 Å². The fourth-order valence-corrected chi connectivity index (χ4v) is 1.96. The van der Waals surface area contributed by atoms with Gasteiger partial charge in [0.1, 0.15) is 0 Å². The molecule has 0 saturated heterocycles. The van der Waals surface area contributed by atoms with Crippen LogP contribution in [0.15, 0.2) is 29.2 Å². The summed E-state index contributed by atoms with van der Waals surface area (Å²) in [4.78, 5) is 11.4. The molecule has 1 aromatic carbocycles. The van der Waals surface area contributed by atoms with Crippen LogP contribution in [-0.4, -0.2) is 27.2 Å². The minimum atomic E-state index is -3.23. The summed E-state index contributed by atoms with van der Waals surface area (Å²) < 4.78 is 27.3. The van der Waals surface area contributed by atoms with Gasteiger partial charge in [0.15, 0.2) is 9.84 Å². The average molecular weight is 242 g/mol. The van der Waals surface area contributed by atoms with Crippen molar-refractivity contribution in [3.05, 3.63) is 29.8 Å². The van der Waals surface area contributed by atoms with Gasteiger partial charge in [-0.15, -0.1) is 0 Å². The molecule has 0 radical (unpaired) electrons. The summed E-state index contributed by atoms with van der Waals surface area (Å²) in [5.41, 5.74) is 0.640. The molecule has 0 aliphatic carbocycles. The highest BCUT2D eigenvalue weighted by Crippen LogP contribution is 2.12. The third-order valence-corrected chi connectivity index (χ3v) is 3.09. The lowest BCUT2D eigenvalue weighted by atomic mass is 10.1. The zero-order valence-corrected chi connectivity index (χ0v) is 10.1. The Kier molecular flexibility index (Phi) is 4.06. The number of hydrogen-bond acceptors (Lipinski definition) is 4. The minimum Gasteiger partial charge on any atom is -0.466 e. The van der Waals surface area contributed by atoms with E-state index in [0.717, 1.165) is 6.26 Å². The van der Waals surface area contributed by atoms with Crippen LogP contribution in [0.25, 0.3) is 0 Å². The molecule has 88 valence electrons. The Bertz CT molecular complexity index is 477. The van der Waals surface area contributed by atoms with E-state index < -0.39 is 9.84 Å². The number of benzene rings is 1. The molecule has 0 spiro atoms. The molecule has 0 saturated carbocycles. The van der Waals surface area contributed by atoms with Crippen molar-refractivity contribution in [3.63, 3.8) is 0 Å². The average Bonchev–Trinajstić information content (AvgIpc) is 2.17. The quantitative estimate of drug-likeness (QED) is 0.744. The van der Waals surface area contributed by atoms with Crippen molar-refractivity contribution in [2.75, 3.05) is 12.9 Å². The molecule has 4 nitrogen and oxygen atoms in total. The number of sulfone groups is 1. The number of ether oxygens (including phenoxy) is 1. The zero-order chi connectivity index (χ0) is 12.2. The minimum absolute atomic E-state index is 0.0944. The van der Waals surface area contributed by atoms with E-state index in [2.05, 4.69) is 0 Å². The van der Waals surface area contributed by atoms with Crippen molar-refractivity contribution < 1.29 is 17.9 Å². The molecule has 0 unspecified atom stereocenters. The summed E-state index contributed by atoms with van der Waals surface area (Å²) in [5, 5.41) is 0. The smallest absolute Gasteiger partial charge is 0.310 e. The first-order chi connectivity index (χ1) is 7.43. The molecular formula is C11H14O4S. The van der Waals surface area contributed by atoms with Gasteiger partial charge in [-0.1, -0.05) is 12.1 Å². The molecule has 0 aromatic heterocycles. The predicted octanol–water partition coefficient (Wildman–Crippen LogP) is 1.20. The Morgan fingerprint density at radius 3 is 2.62 bits per heavy atom. The van der Waals surface area contributed by atoms with Crippen LogP contribution in [0.3, 0.4) is 0 Å². The van der Waals surface area contributed by atoms with Gasteiger partial charge in [0.05, 0.1) is 17.9 Å². The highest BCUT2D eigenvalue weighted by molar-refractivity contribution is 7.90. The van der Waals surface area contributed by atoms with Crippen molar-refractivity contribution in [3.8, 4) is 0 Å². The van der Waals surface area contributed by atoms with Crippen LogP contribution in [0.1, 0.15) is 12.5 Å². The van der Waals surface area contributed by atoms with Gasteiger partial charge in [-0.25, -0.2) is 8.42 Å². The lowest BCUT2D eigenvalue weighted by Gasteiger charge is -2.03. The second-order valence-corrected chi connectivity index (χ2v) is 5.42. The van der Waals surface area contributed by atoms with E-state index in [1.165, 1.54) is 12.1 Å². The van der Waals surface area contributed by atoms with Gasteiger partial charge in [-0.05, 0) is 24.6 Å². The fourth-order valence-electron chi connectivity index (χ4n) is 1.26. The van der Waals surface area contributed by atoms with Crippen LogP contribution in [0.2, 0.25) is 0 Å². The van der Waals surface area contributed by atoms with Crippen LogP contribution in [0, 0.1) is 0 Å². The lowest BCUT2D eigenvalue weighted by Crippen LogP contribution is -2.08. The predicted molar refractivity (Wildman–Crippen MR) is 59.9 cm³/mol. The third kappa shape index (κ3) is 3.66. The monoisotopic (exact) mass is 242 g/mol. The number of carbonyl (C=O) groups is 1. The molecule has 1 aromatic rings. The summed E-state index contributed by atoms with van der Waals surface area (Å²) in [7, 11) is -3.23. The first kappa shape index (κ1) is 12.7. The van der Waals surface area contributed by atoms with Crippen molar-refractivity contribution in [2.45, 2.75) is 18.2 Å². The Morgan fingerprint density at radius 2 is 2.06 bits per heavy atom. The molecule has 0 aliphatic rings. The first-order valence-corrected chi connectivity index (χ1v) is 6.77. The summed E-state index contributed by atoms with van der Waals surface area (Å²) in [6.07, 6.45) is 1.23. The number of hydrogen-bond donors (Lipinski definition) is 0. The summed E-state index contributed by atoms with van der Waals surface area (Å²) >= 11 is 0. The van der Waals surface area contributed by atoms with Gasteiger partial charge in [0, 0.05) is 6.26 Å². The molecular weight excluding hydrogens is 228 g/mol. The van der Waals surface area contributed by atoms with Gasteiger partial charge < -0.3 is 4.74 Å². The maximum absolute atomic E-state index is 11.3. The second kappa shape index (κ2) is 5.12. The molecule has 0 atom stereocenters. The molecule has 0 amide bonds. The number of esters is 1. The van der Waals surface area contributed by atoms with E-state index in [-0.39, 0.29) is 17.3 Å². The van der Waals surface area contributed by atoms with Crippen LogP contribution >= 0.6 is 0 Å². The van der Waals surface area contributed by atoms with E-state index in [0.29, 0.717) is 12.2 Å². The van der Waals surface area contributed by atoms with Crippen molar-refractivity contribution in [2.24, 2.45) is 0 Å². The number of carbonyl (C=O) groups excluding carboxylic acids is 1. The maximum atomic E-state index is 11.3. The van der Waals surface area contributed by atoms with Crippen LogP contribution < -0.4 is 0 Å². The molecule has 0 fully saturated rings. The molecule has 0 bridgehead atoms. The highest BCUT2D eigenvalue weighted by atomic mass is 32.2. The van der Waals surface area contributed by atoms with Crippen LogP contribution in [-0.2, 0) is 25.8 Å². The Labute approximate surface area is 95.2 Å². The Hall–Kier alpha value is -1.36. The van der Waals surface area contributed by atoms with E-state index >= 15 is 0 Å². The summed E-state index contributed by atoms with van der Waals surface area (Å²) in [6, 6.07) is 6.31. The van der Waals surface area contributed by atoms with Crippen molar-refractivity contribution in [1.82, 2.24) is 0 Å². The molecule has 0 N–H and O–H groups in total. The fraction of sp³-hybridized carbons (Fsp3) is 0.364. The van der Waals surface area contributed by atoms with E-state index in [1.807, 2.05) is 0 Å². The SMILES string of the molecule is CCOC(=O)Cc1cccc(S(C)(=O)=O)c1. The Morgan fingerprint density at radius 1 is 1.38 bits per heavy atom. The van der Waals surface area contributed by atoms with E-state index in [4.69, 9.17) is 4.74 Å². The van der Waals surface area contributed by atoms with E-state index in [1.54, 1.807) is 19.1 Å². The van der Waals surface area contributed by atoms with Crippen LogP contribution in [0.4, 0.5) is 0 Å². The van der Waals surface area contributed by atoms with Gasteiger partial charge in [0.2, 0.25) is 0 Å². The molecule has 0 aliphatic heterocycles. The van der Waals surface area contributed by atoms with Crippen molar-refractivity contribution >= 4 is 15.8 Å². The largest absolute Gasteiger partial charge is 0.466 e. The van der Waals surface area contributed by atoms with Crippen molar-refractivity contribution in [1.29, 1.82) is 0 Å². The third-order valence-electron chi connectivity index (χ3n) is 1.98. The molecule has 16 heavy (non-hydrogen) atoms. The highest BCUT2D eigenvalue weighted by Gasteiger charge is 2.09. The topological polar surface area (TPSA) is 60.4 Å². The number of rotatable bonds is 4. The van der Waals surface area contributed by atoms with Gasteiger partial charge >= 0.3 is 5.97 Å². The first-order valence-electron chi connectivity index (χ1n) is 4.88. The lowest BCUT2D eigenvalue weighted by molar-refractivity contribution is -0.142. The van der Waals surface area contributed by atoms with Gasteiger partial charge in [-0.2, -0.15) is 0 Å². The van der Waals surface area contributed by atoms with E-state index in [9.17, 15) is 13.2 Å². The molecule has 0 heterocycles. The standard InChI is InChI=1S/C11H14O4S/c1-3-15-11(12)8-9-5-4-6-10(7-9)16(2,13)14/h4-7H,3,8H2,1-2H3.